The minimum Gasteiger partial charge on any atom is -0.494 e. The molecule has 0 saturated heterocycles. The maximum Gasteiger partial charge on any atom is 0.119 e. The fourth-order valence-electron chi connectivity index (χ4n) is 1.87. The number of hydrazone groups is 1. The molecule has 2 aromatic rings. The normalized spacial score (nSPS) is 11.2. The first-order chi connectivity index (χ1) is 9.79. The highest BCUT2D eigenvalue weighted by Gasteiger charge is 1.98. The second kappa shape index (κ2) is 7.34. The smallest absolute Gasteiger partial charge is 0.119 e. The molecule has 0 atom stereocenters. The highest BCUT2D eigenvalue weighted by atomic mass is 16.5. The second-order valence-electron chi connectivity index (χ2n) is 4.48. The Kier molecular flexibility index (Phi) is 5.18. The maximum absolute atomic E-state index is 5.42. The monoisotopic (exact) mass is 268 g/mol. The average Bonchev–Trinajstić information content (AvgIpc) is 2.49. The average molecular weight is 268 g/mol. The molecule has 20 heavy (non-hydrogen) atoms. The summed E-state index contributed by atoms with van der Waals surface area (Å²) in [6, 6.07) is 18.2. The van der Waals surface area contributed by atoms with Crippen LogP contribution in [0.25, 0.3) is 0 Å². The summed E-state index contributed by atoms with van der Waals surface area (Å²) in [5.41, 5.74) is 6.37. The van der Waals surface area contributed by atoms with Crippen LogP contribution < -0.4 is 10.2 Å². The van der Waals surface area contributed by atoms with Crippen LogP contribution in [-0.2, 0) is 6.54 Å². The standard InChI is InChI=1S/C17H20N2O/c1-3-20-17-11-9-16(10-12-17)14(2)19-18-13-15-7-5-4-6-8-15/h4-12,18H,3,13H2,1-2H3. The number of rotatable bonds is 6. The SMILES string of the molecule is CCOc1ccc(C(C)=NNCc2ccccc2)cc1. The van der Waals surface area contributed by atoms with Crippen LogP contribution in [0.1, 0.15) is 25.0 Å². The zero-order chi connectivity index (χ0) is 14.2. The van der Waals surface area contributed by atoms with E-state index in [0.29, 0.717) is 6.61 Å². The molecule has 3 nitrogen and oxygen atoms in total. The van der Waals surface area contributed by atoms with Crippen molar-refractivity contribution < 1.29 is 4.74 Å². The van der Waals surface area contributed by atoms with Crippen molar-refractivity contribution >= 4 is 5.71 Å². The van der Waals surface area contributed by atoms with Gasteiger partial charge in [0, 0.05) is 0 Å². The Bertz CT molecular complexity index is 547. The Morgan fingerprint density at radius 3 is 2.40 bits per heavy atom. The van der Waals surface area contributed by atoms with E-state index >= 15 is 0 Å². The van der Waals surface area contributed by atoms with Gasteiger partial charge in [-0.25, -0.2) is 0 Å². The van der Waals surface area contributed by atoms with Crippen molar-refractivity contribution in [3.63, 3.8) is 0 Å². The maximum atomic E-state index is 5.42. The number of nitrogens with zero attached hydrogens (tertiary/aromatic N) is 1. The molecule has 0 heterocycles. The van der Waals surface area contributed by atoms with Crippen LogP contribution >= 0.6 is 0 Å². The molecule has 1 N–H and O–H groups in total. The summed E-state index contributed by atoms with van der Waals surface area (Å²) >= 11 is 0. The molecule has 0 bridgehead atoms. The molecular weight excluding hydrogens is 248 g/mol. The van der Waals surface area contributed by atoms with Gasteiger partial charge in [0.2, 0.25) is 0 Å². The van der Waals surface area contributed by atoms with Crippen molar-refractivity contribution in [2.24, 2.45) is 5.10 Å². The predicted molar refractivity (Wildman–Crippen MR) is 83.1 cm³/mol. The summed E-state index contributed by atoms with van der Waals surface area (Å²) in [4.78, 5) is 0. The predicted octanol–water partition coefficient (Wildman–Crippen LogP) is 3.60. The van der Waals surface area contributed by atoms with E-state index in [1.165, 1.54) is 5.56 Å². The molecule has 0 radical (unpaired) electrons. The number of benzene rings is 2. The molecule has 3 heteroatoms. The number of nitrogens with one attached hydrogen (secondary N) is 1. The lowest BCUT2D eigenvalue weighted by molar-refractivity contribution is 0.340. The Hall–Kier alpha value is -2.29. The van der Waals surface area contributed by atoms with E-state index in [4.69, 9.17) is 4.74 Å². The lowest BCUT2D eigenvalue weighted by Gasteiger charge is -2.06. The molecule has 2 rings (SSSR count). The summed E-state index contributed by atoms with van der Waals surface area (Å²) < 4.78 is 5.42. The first-order valence-corrected chi connectivity index (χ1v) is 6.84. The van der Waals surface area contributed by atoms with E-state index < -0.39 is 0 Å². The van der Waals surface area contributed by atoms with Crippen LogP contribution in [-0.4, -0.2) is 12.3 Å². The Morgan fingerprint density at radius 2 is 1.75 bits per heavy atom. The molecule has 104 valence electrons. The summed E-state index contributed by atoms with van der Waals surface area (Å²) in [6.07, 6.45) is 0. The molecule has 0 aliphatic carbocycles. The van der Waals surface area contributed by atoms with Crippen molar-refractivity contribution in [2.75, 3.05) is 6.61 Å². The van der Waals surface area contributed by atoms with Gasteiger partial charge in [0.05, 0.1) is 18.9 Å². The Balaban J connectivity index is 1.92. The van der Waals surface area contributed by atoms with E-state index in [1.807, 2.05) is 56.3 Å². The van der Waals surface area contributed by atoms with Crippen molar-refractivity contribution in [3.05, 3.63) is 65.7 Å². The van der Waals surface area contributed by atoms with Crippen LogP contribution in [0, 0.1) is 0 Å². The van der Waals surface area contributed by atoms with Crippen LogP contribution in [0.4, 0.5) is 0 Å². The minimum absolute atomic E-state index is 0.686. The number of hydrogen-bond donors (Lipinski definition) is 1. The second-order valence-corrected chi connectivity index (χ2v) is 4.48. The van der Waals surface area contributed by atoms with Gasteiger partial charge in [-0.05, 0) is 49.2 Å². The first kappa shape index (κ1) is 14.1. The lowest BCUT2D eigenvalue weighted by Crippen LogP contribution is -2.09. The summed E-state index contributed by atoms with van der Waals surface area (Å²) in [7, 11) is 0. The third-order valence-electron chi connectivity index (χ3n) is 2.96. The molecule has 0 amide bonds. The third-order valence-corrected chi connectivity index (χ3v) is 2.96. The molecule has 0 unspecified atom stereocenters. The van der Waals surface area contributed by atoms with Crippen molar-refractivity contribution in [2.45, 2.75) is 20.4 Å². The fraction of sp³-hybridized carbons (Fsp3) is 0.235. The van der Waals surface area contributed by atoms with Crippen LogP contribution in [0.15, 0.2) is 59.7 Å². The Labute approximate surface area is 120 Å². The molecule has 0 aliphatic rings. The van der Waals surface area contributed by atoms with Gasteiger partial charge in [0.1, 0.15) is 5.75 Å². The van der Waals surface area contributed by atoms with E-state index in [1.54, 1.807) is 0 Å². The molecule has 0 aliphatic heterocycles. The van der Waals surface area contributed by atoms with Crippen LogP contribution in [0.5, 0.6) is 5.75 Å². The molecule has 0 spiro atoms. The van der Waals surface area contributed by atoms with E-state index in [9.17, 15) is 0 Å². The van der Waals surface area contributed by atoms with Crippen LogP contribution in [0.3, 0.4) is 0 Å². The van der Waals surface area contributed by atoms with Gasteiger partial charge >= 0.3 is 0 Å². The van der Waals surface area contributed by atoms with E-state index in [2.05, 4.69) is 22.7 Å². The first-order valence-electron chi connectivity index (χ1n) is 6.84. The van der Waals surface area contributed by atoms with Crippen molar-refractivity contribution in [1.29, 1.82) is 0 Å². The number of ether oxygens (including phenoxy) is 1. The lowest BCUT2D eigenvalue weighted by atomic mass is 10.1. The zero-order valence-corrected chi connectivity index (χ0v) is 12.0. The zero-order valence-electron chi connectivity index (χ0n) is 12.0. The fourth-order valence-corrected chi connectivity index (χ4v) is 1.87. The largest absolute Gasteiger partial charge is 0.494 e. The summed E-state index contributed by atoms with van der Waals surface area (Å²) in [5.74, 6) is 0.890. The molecule has 0 fully saturated rings. The van der Waals surface area contributed by atoms with E-state index in [0.717, 1.165) is 23.6 Å². The highest BCUT2D eigenvalue weighted by Crippen LogP contribution is 2.12. The summed E-state index contributed by atoms with van der Waals surface area (Å²) in [6.45, 7) is 5.39. The Morgan fingerprint density at radius 1 is 1.05 bits per heavy atom. The highest BCUT2D eigenvalue weighted by molar-refractivity contribution is 5.98. The van der Waals surface area contributed by atoms with Gasteiger partial charge < -0.3 is 10.2 Å². The topological polar surface area (TPSA) is 33.6 Å². The quantitative estimate of drug-likeness (QED) is 0.641. The minimum atomic E-state index is 0.686. The van der Waals surface area contributed by atoms with Gasteiger partial charge in [-0.3, -0.25) is 0 Å². The van der Waals surface area contributed by atoms with Gasteiger partial charge in [0.25, 0.3) is 0 Å². The molecular formula is C17H20N2O. The van der Waals surface area contributed by atoms with Crippen molar-refractivity contribution in [1.82, 2.24) is 5.43 Å². The summed E-state index contributed by atoms with van der Waals surface area (Å²) in [5, 5.41) is 4.39. The molecule has 2 aromatic carbocycles. The van der Waals surface area contributed by atoms with Gasteiger partial charge in [0.15, 0.2) is 0 Å². The van der Waals surface area contributed by atoms with E-state index in [-0.39, 0.29) is 0 Å². The molecule has 0 saturated carbocycles. The van der Waals surface area contributed by atoms with Crippen molar-refractivity contribution in [3.8, 4) is 5.75 Å². The third kappa shape index (κ3) is 4.12. The molecule has 0 aromatic heterocycles. The van der Waals surface area contributed by atoms with Crippen LogP contribution in [0.2, 0.25) is 0 Å². The van der Waals surface area contributed by atoms with Gasteiger partial charge in [-0.2, -0.15) is 5.10 Å². The van der Waals surface area contributed by atoms with Gasteiger partial charge in [-0.15, -0.1) is 0 Å². The number of hydrogen-bond acceptors (Lipinski definition) is 3. The van der Waals surface area contributed by atoms with Gasteiger partial charge in [-0.1, -0.05) is 30.3 Å².